The second-order valence-electron chi connectivity index (χ2n) is 3.71. The van der Waals surface area contributed by atoms with E-state index in [4.69, 9.17) is 5.11 Å². The van der Waals surface area contributed by atoms with Gasteiger partial charge in [0.1, 0.15) is 10.4 Å². The van der Waals surface area contributed by atoms with Crippen molar-refractivity contribution in [1.29, 1.82) is 0 Å². The van der Waals surface area contributed by atoms with Gasteiger partial charge in [-0.3, -0.25) is 14.6 Å². The normalized spacial score (nSPS) is 18.8. The van der Waals surface area contributed by atoms with Gasteiger partial charge in [-0.05, 0) is 17.3 Å². The number of carbonyl (C=O) groups excluding carboxylic acids is 1. The summed E-state index contributed by atoms with van der Waals surface area (Å²) in [5.74, 6) is -0.988. The van der Waals surface area contributed by atoms with E-state index in [9.17, 15) is 9.59 Å². The number of rotatable bonds is 4. The minimum Gasteiger partial charge on any atom is -0.481 e. The van der Waals surface area contributed by atoms with E-state index in [1.54, 1.807) is 6.08 Å². The molecule has 1 aliphatic heterocycles. The fraction of sp³-hybridized carbons (Fsp3) is 0.154. The monoisotopic (exact) mass is 293 g/mol. The lowest BCUT2D eigenvalue weighted by atomic mass is 10.2. The fourth-order valence-corrected chi connectivity index (χ4v) is 3.10. The minimum absolute atomic E-state index is 0.0694. The summed E-state index contributed by atoms with van der Waals surface area (Å²) >= 11 is 2.09. The topological polar surface area (TPSA) is 66.7 Å². The summed E-state index contributed by atoms with van der Waals surface area (Å²) in [6, 6.07) is 9.12. The summed E-state index contributed by atoms with van der Waals surface area (Å²) in [5, 5.41) is 8.50. The van der Waals surface area contributed by atoms with E-state index in [1.807, 2.05) is 36.4 Å². The van der Waals surface area contributed by atoms with Crippen LogP contribution in [0, 0.1) is 0 Å². The third kappa shape index (κ3) is 4.25. The standard InChI is InChI=1S/C13H11NO3S2/c15-11(16)8-18-13-14-10(12(17)19-13)7-6-9-4-2-1-3-5-9/h1-7,10H,8H2,(H,15,16). The molecule has 0 fully saturated rings. The van der Waals surface area contributed by atoms with Crippen molar-refractivity contribution in [2.45, 2.75) is 6.04 Å². The lowest BCUT2D eigenvalue weighted by Crippen LogP contribution is -2.05. The van der Waals surface area contributed by atoms with Gasteiger partial charge in [-0.15, -0.1) is 0 Å². The number of hydrogen-bond donors (Lipinski definition) is 1. The van der Waals surface area contributed by atoms with Gasteiger partial charge < -0.3 is 5.11 Å². The summed E-state index contributed by atoms with van der Waals surface area (Å²) in [4.78, 5) is 26.3. The highest BCUT2D eigenvalue weighted by Gasteiger charge is 2.26. The van der Waals surface area contributed by atoms with Gasteiger partial charge in [0.2, 0.25) is 5.12 Å². The molecule has 1 aromatic rings. The maximum absolute atomic E-state index is 11.7. The SMILES string of the molecule is O=C(O)CSC1=NC(C=Cc2ccccc2)C(=O)S1. The highest BCUT2D eigenvalue weighted by atomic mass is 32.2. The van der Waals surface area contributed by atoms with Crippen molar-refractivity contribution in [3.63, 3.8) is 0 Å². The summed E-state index contributed by atoms with van der Waals surface area (Å²) in [7, 11) is 0. The smallest absolute Gasteiger partial charge is 0.313 e. The predicted molar refractivity (Wildman–Crippen MR) is 79.4 cm³/mol. The largest absolute Gasteiger partial charge is 0.481 e. The number of carboxylic acid groups (broad SMARTS) is 1. The number of benzene rings is 1. The van der Waals surface area contributed by atoms with E-state index in [2.05, 4.69) is 4.99 Å². The first kappa shape index (κ1) is 13.9. The second-order valence-corrected chi connectivity index (χ2v) is 5.93. The Hall–Kier alpha value is -1.53. The molecular weight excluding hydrogens is 282 g/mol. The Balaban J connectivity index is 1.98. The molecule has 0 aliphatic carbocycles. The van der Waals surface area contributed by atoms with Crippen LogP contribution in [0.2, 0.25) is 0 Å². The van der Waals surface area contributed by atoms with Crippen LogP contribution in [0.15, 0.2) is 41.4 Å². The van der Waals surface area contributed by atoms with Gasteiger partial charge in [0.25, 0.3) is 0 Å². The zero-order valence-electron chi connectivity index (χ0n) is 9.85. The summed E-state index contributed by atoms with van der Waals surface area (Å²) in [6.45, 7) is 0. The molecule has 2 rings (SSSR count). The maximum atomic E-state index is 11.7. The molecule has 4 nitrogen and oxygen atoms in total. The first-order valence-electron chi connectivity index (χ1n) is 5.52. The van der Waals surface area contributed by atoms with Crippen LogP contribution in [0.25, 0.3) is 6.08 Å². The molecule has 98 valence electrons. The number of thioether (sulfide) groups is 2. The van der Waals surface area contributed by atoms with Crippen LogP contribution in [-0.4, -0.2) is 32.4 Å². The van der Waals surface area contributed by atoms with Crippen LogP contribution in [0.1, 0.15) is 5.56 Å². The van der Waals surface area contributed by atoms with Crippen LogP contribution >= 0.6 is 23.5 Å². The molecule has 0 saturated heterocycles. The zero-order chi connectivity index (χ0) is 13.7. The summed E-state index contributed by atoms with van der Waals surface area (Å²) in [6.07, 6.45) is 3.58. The minimum atomic E-state index is -0.913. The number of carboxylic acids is 1. The van der Waals surface area contributed by atoms with E-state index in [0.717, 1.165) is 29.1 Å². The van der Waals surface area contributed by atoms with Crippen molar-refractivity contribution in [3.05, 3.63) is 42.0 Å². The van der Waals surface area contributed by atoms with Gasteiger partial charge in [0.05, 0.1) is 5.75 Å². The molecule has 0 aromatic heterocycles. The van der Waals surface area contributed by atoms with Gasteiger partial charge >= 0.3 is 5.97 Å². The van der Waals surface area contributed by atoms with Crippen LogP contribution in [0.4, 0.5) is 0 Å². The number of aliphatic imine (C=N–C) groups is 1. The molecule has 0 amide bonds. The number of carbonyl (C=O) groups is 2. The molecule has 0 bridgehead atoms. The van der Waals surface area contributed by atoms with Crippen LogP contribution in [0.3, 0.4) is 0 Å². The van der Waals surface area contributed by atoms with Gasteiger partial charge in [0, 0.05) is 0 Å². The molecule has 1 heterocycles. The van der Waals surface area contributed by atoms with E-state index >= 15 is 0 Å². The molecular formula is C13H11NO3S2. The lowest BCUT2D eigenvalue weighted by Gasteiger charge is -1.96. The van der Waals surface area contributed by atoms with E-state index in [0.29, 0.717) is 4.38 Å². The van der Waals surface area contributed by atoms with Gasteiger partial charge in [0.15, 0.2) is 0 Å². The maximum Gasteiger partial charge on any atom is 0.313 e. The van der Waals surface area contributed by atoms with Crippen molar-refractivity contribution < 1.29 is 14.7 Å². The lowest BCUT2D eigenvalue weighted by molar-refractivity contribution is -0.133. The molecule has 1 aromatic carbocycles. The predicted octanol–water partition coefficient (Wildman–Crippen LogP) is 2.52. The van der Waals surface area contributed by atoms with Gasteiger partial charge in [-0.2, -0.15) is 0 Å². The molecule has 1 N–H and O–H groups in total. The van der Waals surface area contributed by atoms with E-state index in [-0.39, 0.29) is 10.9 Å². The average molecular weight is 293 g/mol. The number of hydrogen-bond acceptors (Lipinski definition) is 5. The Labute approximate surface area is 119 Å². The van der Waals surface area contributed by atoms with Crippen molar-refractivity contribution in [2.75, 3.05) is 5.75 Å². The Kier molecular flexibility index (Phi) is 4.81. The van der Waals surface area contributed by atoms with E-state index < -0.39 is 12.0 Å². The van der Waals surface area contributed by atoms with Crippen molar-refractivity contribution >= 4 is 45.1 Å². The average Bonchev–Trinajstić information content (AvgIpc) is 2.76. The second kappa shape index (κ2) is 6.58. The molecule has 0 radical (unpaired) electrons. The highest BCUT2D eigenvalue weighted by Crippen LogP contribution is 2.28. The fourth-order valence-electron chi connectivity index (χ4n) is 1.42. The quantitative estimate of drug-likeness (QED) is 0.924. The molecule has 1 atom stereocenters. The molecule has 1 unspecified atom stereocenters. The number of nitrogens with zero attached hydrogens (tertiary/aromatic N) is 1. The highest BCUT2D eigenvalue weighted by molar-refractivity contribution is 8.45. The molecule has 0 spiro atoms. The molecule has 6 heteroatoms. The Bertz CT molecular complexity index is 540. The Morgan fingerprint density at radius 2 is 2.16 bits per heavy atom. The molecule has 1 aliphatic rings. The third-order valence-corrected chi connectivity index (χ3v) is 4.33. The van der Waals surface area contributed by atoms with Crippen LogP contribution in [-0.2, 0) is 9.59 Å². The summed E-state index contributed by atoms with van der Waals surface area (Å²) in [5.41, 5.74) is 1.00. The van der Waals surface area contributed by atoms with Crippen LogP contribution < -0.4 is 0 Å². The molecule has 19 heavy (non-hydrogen) atoms. The third-order valence-electron chi connectivity index (χ3n) is 2.26. The van der Waals surface area contributed by atoms with Crippen LogP contribution in [0.5, 0.6) is 0 Å². The van der Waals surface area contributed by atoms with Crippen molar-refractivity contribution in [2.24, 2.45) is 4.99 Å². The summed E-state index contributed by atoms with van der Waals surface area (Å²) < 4.78 is 0.523. The number of aliphatic carboxylic acids is 1. The first-order valence-corrected chi connectivity index (χ1v) is 7.33. The van der Waals surface area contributed by atoms with E-state index in [1.165, 1.54) is 0 Å². The Morgan fingerprint density at radius 3 is 2.84 bits per heavy atom. The first-order chi connectivity index (χ1) is 9.15. The molecule has 0 saturated carbocycles. The van der Waals surface area contributed by atoms with Gasteiger partial charge in [-0.1, -0.05) is 54.2 Å². The zero-order valence-corrected chi connectivity index (χ0v) is 11.5. The van der Waals surface area contributed by atoms with Crippen molar-refractivity contribution in [1.82, 2.24) is 0 Å². The van der Waals surface area contributed by atoms with Crippen molar-refractivity contribution in [3.8, 4) is 0 Å². The van der Waals surface area contributed by atoms with Gasteiger partial charge in [-0.25, -0.2) is 0 Å². The Morgan fingerprint density at radius 1 is 1.42 bits per heavy atom.